The lowest BCUT2D eigenvalue weighted by Gasteiger charge is -2.17. The van der Waals surface area contributed by atoms with E-state index in [0.29, 0.717) is 11.6 Å². The first kappa shape index (κ1) is 15.5. The normalized spacial score (nSPS) is 10.7. The minimum Gasteiger partial charge on any atom is -0.325 e. The molecular formula is C17H19ClN2O. The highest BCUT2D eigenvalue weighted by molar-refractivity contribution is 6.30. The summed E-state index contributed by atoms with van der Waals surface area (Å²) in [7, 11) is 1.93. The Morgan fingerprint density at radius 1 is 1.19 bits per heavy atom. The quantitative estimate of drug-likeness (QED) is 0.913. The van der Waals surface area contributed by atoms with Crippen LogP contribution in [0.15, 0.2) is 48.5 Å². The van der Waals surface area contributed by atoms with Crippen molar-refractivity contribution in [3.8, 4) is 0 Å². The second-order valence-corrected chi connectivity index (χ2v) is 5.60. The molecule has 2 aromatic carbocycles. The fourth-order valence-corrected chi connectivity index (χ4v) is 2.38. The van der Waals surface area contributed by atoms with Gasteiger partial charge in [0.25, 0.3) is 0 Å². The monoisotopic (exact) mass is 302 g/mol. The van der Waals surface area contributed by atoms with Gasteiger partial charge in [0.2, 0.25) is 5.91 Å². The highest BCUT2D eigenvalue weighted by Gasteiger charge is 2.09. The van der Waals surface area contributed by atoms with Gasteiger partial charge in [-0.1, -0.05) is 41.9 Å². The summed E-state index contributed by atoms with van der Waals surface area (Å²) >= 11 is 5.91. The van der Waals surface area contributed by atoms with Crippen LogP contribution in [0.2, 0.25) is 5.02 Å². The SMILES string of the molecule is Cc1cc(Cl)ccc1NC(=O)CN(C)Cc1ccccc1. The summed E-state index contributed by atoms with van der Waals surface area (Å²) < 4.78 is 0. The van der Waals surface area contributed by atoms with Crippen molar-refractivity contribution in [3.63, 3.8) is 0 Å². The second-order valence-electron chi connectivity index (χ2n) is 5.17. The van der Waals surface area contributed by atoms with Crippen molar-refractivity contribution in [2.75, 3.05) is 18.9 Å². The van der Waals surface area contributed by atoms with Crippen molar-refractivity contribution in [2.24, 2.45) is 0 Å². The Hall–Kier alpha value is -1.84. The van der Waals surface area contributed by atoms with E-state index < -0.39 is 0 Å². The summed E-state index contributed by atoms with van der Waals surface area (Å²) in [5, 5.41) is 3.59. The molecule has 0 saturated heterocycles. The van der Waals surface area contributed by atoms with Crippen LogP contribution in [-0.2, 0) is 11.3 Å². The lowest BCUT2D eigenvalue weighted by atomic mass is 10.2. The number of nitrogens with zero attached hydrogens (tertiary/aromatic N) is 1. The van der Waals surface area contributed by atoms with E-state index in [9.17, 15) is 4.79 Å². The summed E-state index contributed by atoms with van der Waals surface area (Å²) in [6, 6.07) is 15.5. The number of hydrogen-bond acceptors (Lipinski definition) is 2. The van der Waals surface area contributed by atoms with Crippen molar-refractivity contribution in [1.82, 2.24) is 4.90 Å². The van der Waals surface area contributed by atoms with Gasteiger partial charge in [-0.25, -0.2) is 0 Å². The Bertz CT molecular complexity index is 613. The highest BCUT2D eigenvalue weighted by atomic mass is 35.5. The van der Waals surface area contributed by atoms with E-state index in [-0.39, 0.29) is 5.91 Å². The largest absolute Gasteiger partial charge is 0.325 e. The van der Waals surface area contributed by atoms with E-state index in [0.717, 1.165) is 17.8 Å². The average Bonchev–Trinajstić information content (AvgIpc) is 2.43. The molecular weight excluding hydrogens is 284 g/mol. The minimum atomic E-state index is -0.0288. The van der Waals surface area contributed by atoms with Crippen LogP contribution < -0.4 is 5.32 Å². The molecule has 0 aliphatic rings. The van der Waals surface area contributed by atoms with Crippen molar-refractivity contribution in [2.45, 2.75) is 13.5 Å². The van der Waals surface area contributed by atoms with Crippen LogP contribution in [0.4, 0.5) is 5.69 Å². The van der Waals surface area contributed by atoms with Gasteiger partial charge in [-0.3, -0.25) is 9.69 Å². The van der Waals surface area contributed by atoms with Crippen molar-refractivity contribution in [1.29, 1.82) is 0 Å². The van der Waals surface area contributed by atoms with Crippen LogP contribution in [0, 0.1) is 6.92 Å². The molecule has 1 amide bonds. The molecule has 21 heavy (non-hydrogen) atoms. The van der Waals surface area contributed by atoms with Gasteiger partial charge >= 0.3 is 0 Å². The molecule has 0 aliphatic heterocycles. The molecule has 0 fully saturated rings. The molecule has 4 heteroatoms. The van der Waals surface area contributed by atoms with E-state index in [4.69, 9.17) is 11.6 Å². The van der Waals surface area contributed by atoms with E-state index in [1.165, 1.54) is 5.56 Å². The van der Waals surface area contributed by atoms with Gasteiger partial charge < -0.3 is 5.32 Å². The molecule has 0 heterocycles. The zero-order valence-electron chi connectivity index (χ0n) is 12.3. The predicted molar refractivity (Wildman–Crippen MR) is 87.6 cm³/mol. The number of rotatable bonds is 5. The minimum absolute atomic E-state index is 0.0288. The van der Waals surface area contributed by atoms with Gasteiger partial charge in [0.15, 0.2) is 0 Å². The van der Waals surface area contributed by atoms with E-state index >= 15 is 0 Å². The average molecular weight is 303 g/mol. The second kappa shape index (κ2) is 7.25. The van der Waals surface area contributed by atoms with Gasteiger partial charge in [0.1, 0.15) is 0 Å². The van der Waals surface area contributed by atoms with Crippen LogP contribution in [0.25, 0.3) is 0 Å². The summed E-state index contributed by atoms with van der Waals surface area (Å²) in [4.78, 5) is 14.0. The van der Waals surface area contributed by atoms with Crippen LogP contribution >= 0.6 is 11.6 Å². The van der Waals surface area contributed by atoms with Gasteiger partial charge in [0.05, 0.1) is 6.54 Å². The first-order valence-corrected chi connectivity index (χ1v) is 7.21. The molecule has 1 N–H and O–H groups in total. The Kier molecular flexibility index (Phi) is 5.37. The Labute approximate surface area is 130 Å². The Morgan fingerprint density at radius 2 is 1.90 bits per heavy atom. The van der Waals surface area contributed by atoms with Crippen molar-refractivity contribution >= 4 is 23.2 Å². The lowest BCUT2D eigenvalue weighted by Crippen LogP contribution is -2.30. The number of nitrogens with one attached hydrogen (secondary N) is 1. The molecule has 2 rings (SSSR count). The van der Waals surface area contributed by atoms with Crippen LogP contribution in [-0.4, -0.2) is 24.4 Å². The number of carbonyl (C=O) groups excluding carboxylic acids is 1. The first-order chi connectivity index (χ1) is 10.0. The molecule has 0 saturated carbocycles. The first-order valence-electron chi connectivity index (χ1n) is 6.83. The van der Waals surface area contributed by atoms with E-state index in [2.05, 4.69) is 17.4 Å². The number of carbonyl (C=O) groups is 1. The summed E-state index contributed by atoms with van der Waals surface area (Å²) in [5.41, 5.74) is 2.95. The molecule has 2 aromatic rings. The number of anilines is 1. The zero-order valence-corrected chi connectivity index (χ0v) is 13.0. The molecule has 110 valence electrons. The zero-order chi connectivity index (χ0) is 15.2. The maximum Gasteiger partial charge on any atom is 0.238 e. The molecule has 0 aromatic heterocycles. The maximum atomic E-state index is 12.1. The number of halogens is 1. The molecule has 0 atom stereocenters. The molecule has 0 bridgehead atoms. The third kappa shape index (κ3) is 4.88. The molecule has 3 nitrogen and oxygen atoms in total. The fourth-order valence-electron chi connectivity index (χ4n) is 2.15. The van der Waals surface area contributed by atoms with Crippen molar-refractivity contribution < 1.29 is 4.79 Å². The fraction of sp³-hybridized carbons (Fsp3) is 0.235. The molecule has 0 unspecified atom stereocenters. The topological polar surface area (TPSA) is 32.3 Å². The molecule has 0 spiro atoms. The Morgan fingerprint density at radius 3 is 2.57 bits per heavy atom. The number of aryl methyl sites for hydroxylation is 1. The highest BCUT2D eigenvalue weighted by Crippen LogP contribution is 2.19. The maximum absolute atomic E-state index is 12.1. The summed E-state index contributed by atoms with van der Waals surface area (Å²) in [6.07, 6.45) is 0. The number of benzene rings is 2. The van der Waals surface area contributed by atoms with E-state index in [1.807, 2.05) is 49.2 Å². The number of hydrogen-bond donors (Lipinski definition) is 1. The van der Waals surface area contributed by atoms with Crippen LogP contribution in [0.3, 0.4) is 0 Å². The van der Waals surface area contributed by atoms with Gasteiger partial charge in [0, 0.05) is 17.3 Å². The lowest BCUT2D eigenvalue weighted by molar-refractivity contribution is -0.117. The third-order valence-corrected chi connectivity index (χ3v) is 3.41. The Balaban J connectivity index is 1.89. The summed E-state index contributed by atoms with van der Waals surface area (Å²) in [5.74, 6) is -0.0288. The van der Waals surface area contributed by atoms with Gasteiger partial charge in [-0.15, -0.1) is 0 Å². The van der Waals surface area contributed by atoms with E-state index in [1.54, 1.807) is 6.07 Å². The summed E-state index contributed by atoms with van der Waals surface area (Å²) in [6.45, 7) is 3.01. The number of amides is 1. The predicted octanol–water partition coefficient (Wildman–Crippen LogP) is 3.72. The third-order valence-electron chi connectivity index (χ3n) is 3.17. The van der Waals surface area contributed by atoms with Crippen LogP contribution in [0.1, 0.15) is 11.1 Å². The van der Waals surface area contributed by atoms with Crippen LogP contribution in [0.5, 0.6) is 0 Å². The molecule has 0 aliphatic carbocycles. The smallest absolute Gasteiger partial charge is 0.238 e. The number of likely N-dealkylation sites (N-methyl/N-ethyl adjacent to an activating group) is 1. The van der Waals surface area contributed by atoms with Crippen molar-refractivity contribution in [3.05, 3.63) is 64.7 Å². The standard InChI is InChI=1S/C17H19ClN2O/c1-13-10-15(18)8-9-16(13)19-17(21)12-20(2)11-14-6-4-3-5-7-14/h3-10H,11-12H2,1-2H3,(H,19,21). The molecule has 0 radical (unpaired) electrons. The van der Waals surface area contributed by atoms with Gasteiger partial charge in [-0.2, -0.15) is 0 Å². The van der Waals surface area contributed by atoms with Gasteiger partial charge in [-0.05, 0) is 43.3 Å².